The number of nitrogens with one attached hydrogen (secondary N) is 1. The summed E-state index contributed by atoms with van der Waals surface area (Å²) in [4.78, 5) is 2.61. The van der Waals surface area contributed by atoms with E-state index in [0.29, 0.717) is 11.3 Å². The molecular formula is C17H32N2O2. The van der Waals surface area contributed by atoms with E-state index >= 15 is 0 Å². The van der Waals surface area contributed by atoms with Crippen LogP contribution in [0.2, 0.25) is 0 Å². The summed E-state index contributed by atoms with van der Waals surface area (Å²) in [5, 5.41) is 13.5. The number of ether oxygens (including phenoxy) is 1. The van der Waals surface area contributed by atoms with E-state index in [1.54, 1.807) is 0 Å². The van der Waals surface area contributed by atoms with Crippen LogP contribution in [0.1, 0.15) is 45.4 Å². The first-order chi connectivity index (χ1) is 10.2. The van der Waals surface area contributed by atoms with Crippen LogP contribution in [0.5, 0.6) is 0 Å². The number of hydrogen-bond donors (Lipinski definition) is 2. The van der Waals surface area contributed by atoms with Crippen molar-refractivity contribution < 1.29 is 9.84 Å². The largest absolute Gasteiger partial charge is 0.393 e. The number of piperidine rings is 1. The fraction of sp³-hybridized carbons (Fsp3) is 1.00. The van der Waals surface area contributed by atoms with Gasteiger partial charge in [-0.1, -0.05) is 0 Å². The molecule has 122 valence electrons. The predicted molar refractivity (Wildman–Crippen MR) is 84.4 cm³/mol. The molecule has 2 heterocycles. The van der Waals surface area contributed by atoms with E-state index in [1.807, 2.05) is 6.92 Å². The minimum atomic E-state index is -0.143. The highest BCUT2D eigenvalue weighted by molar-refractivity contribution is 4.92. The quantitative estimate of drug-likeness (QED) is 0.782. The van der Waals surface area contributed by atoms with Crippen molar-refractivity contribution in [3.05, 3.63) is 0 Å². The van der Waals surface area contributed by atoms with Crippen LogP contribution >= 0.6 is 0 Å². The Bertz CT molecular complexity index is 317. The zero-order valence-electron chi connectivity index (χ0n) is 13.5. The van der Waals surface area contributed by atoms with Crippen molar-refractivity contribution in [1.82, 2.24) is 10.2 Å². The maximum atomic E-state index is 9.74. The SMILES string of the molecule is CC(O)C1CCN(CC2(CNC3CC3)CCCOC2)CC1. The van der Waals surface area contributed by atoms with Gasteiger partial charge in [-0.05, 0) is 64.5 Å². The first-order valence-electron chi connectivity index (χ1n) is 8.88. The lowest BCUT2D eigenvalue weighted by Gasteiger charge is -2.43. The maximum absolute atomic E-state index is 9.74. The standard InChI is InChI=1S/C17H32N2O2/c1-14(20)15-5-8-19(9-6-15)12-17(7-2-10-21-13-17)11-18-16-3-4-16/h14-16,18,20H,2-13H2,1H3. The van der Waals surface area contributed by atoms with Gasteiger partial charge in [0.1, 0.15) is 0 Å². The highest BCUT2D eigenvalue weighted by atomic mass is 16.5. The molecule has 3 rings (SSSR count). The number of likely N-dealkylation sites (tertiary alicyclic amines) is 1. The third-order valence-corrected chi connectivity index (χ3v) is 5.62. The molecule has 3 fully saturated rings. The monoisotopic (exact) mass is 296 g/mol. The molecule has 4 heteroatoms. The molecule has 1 saturated carbocycles. The minimum absolute atomic E-state index is 0.143. The van der Waals surface area contributed by atoms with Crippen LogP contribution in [0.25, 0.3) is 0 Å². The Morgan fingerprint density at radius 1 is 1.29 bits per heavy atom. The van der Waals surface area contributed by atoms with E-state index in [0.717, 1.165) is 51.7 Å². The summed E-state index contributed by atoms with van der Waals surface area (Å²) in [5.41, 5.74) is 0.318. The van der Waals surface area contributed by atoms with Crippen LogP contribution in [0, 0.1) is 11.3 Å². The molecule has 0 spiro atoms. The molecule has 3 aliphatic rings. The Morgan fingerprint density at radius 2 is 2.05 bits per heavy atom. The van der Waals surface area contributed by atoms with Crippen LogP contribution in [0.4, 0.5) is 0 Å². The highest BCUT2D eigenvalue weighted by Crippen LogP contribution is 2.32. The summed E-state index contributed by atoms with van der Waals surface area (Å²) in [6, 6.07) is 0.782. The Hall–Kier alpha value is -0.160. The van der Waals surface area contributed by atoms with Gasteiger partial charge in [0.2, 0.25) is 0 Å². The summed E-state index contributed by atoms with van der Waals surface area (Å²) >= 11 is 0. The molecule has 21 heavy (non-hydrogen) atoms. The van der Waals surface area contributed by atoms with Crippen LogP contribution in [-0.4, -0.2) is 61.5 Å². The Kier molecular flexibility index (Phi) is 5.20. The number of nitrogens with zero attached hydrogens (tertiary/aromatic N) is 1. The molecule has 0 aromatic heterocycles. The van der Waals surface area contributed by atoms with Gasteiger partial charge in [0.25, 0.3) is 0 Å². The smallest absolute Gasteiger partial charge is 0.0546 e. The molecule has 2 N–H and O–H groups in total. The van der Waals surface area contributed by atoms with Crippen LogP contribution in [0.15, 0.2) is 0 Å². The van der Waals surface area contributed by atoms with E-state index in [9.17, 15) is 5.11 Å². The number of rotatable bonds is 6. The lowest BCUT2D eigenvalue weighted by atomic mass is 9.80. The van der Waals surface area contributed by atoms with Crippen LogP contribution in [-0.2, 0) is 4.74 Å². The second-order valence-electron chi connectivity index (χ2n) is 7.67. The number of hydrogen-bond acceptors (Lipinski definition) is 4. The normalized spacial score (nSPS) is 34.0. The van der Waals surface area contributed by atoms with Gasteiger partial charge in [0.15, 0.2) is 0 Å². The molecule has 1 aliphatic carbocycles. The van der Waals surface area contributed by atoms with Gasteiger partial charge < -0.3 is 20.1 Å². The fourth-order valence-corrected chi connectivity index (χ4v) is 3.95. The zero-order chi connectivity index (χ0) is 14.7. The van der Waals surface area contributed by atoms with Crippen molar-refractivity contribution >= 4 is 0 Å². The van der Waals surface area contributed by atoms with Crippen molar-refractivity contribution in [3.8, 4) is 0 Å². The second kappa shape index (κ2) is 6.95. The molecular weight excluding hydrogens is 264 g/mol. The lowest BCUT2D eigenvalue weighted by molar-refractivity contribution is -0.0345. The second-order valence-corrected chi connectivity index (χ2v) is 7.67. The van der Waals surface area contributed by atoms with Crippen molar-refractivity contribution in [2.45, 2.75) is 57.6 Å². The molecule has 0 aromatic rings. The van der Waals surface area contributed by atoms with Gasteiger partial charge in [-0.3, -0.25) is 0 Å². The third kappa shape index (κ3) is 4.41. The van der Waals surface area contributed by atoms with E-state index in [-0.39, 0.29) is 6.10 Å². The molecule has 0 aromatic carbocycles. The molecule has 0 radical (unpaired) electrons. The first kappa shape index (κ1) is 15.7. The molecule has 2 saturated heterocycles. The summed E-state index contributed by atoms with van der Waals surface area (Å²) < 4.78 is 5.83. The van der Waals surface area contributed by atoms with Crippen molar-refractivity contribution in [1.29, 1.82) is 0 Å². The highest BCUT2D eigenvalue weighted by Gasteiger charge is 2.37. The Morgan fingerprint density at radius 3 is 2.62 bits per heavy atom. The summed E-state index contributed by atoms with van der Waals surface area (Å²) in [6.45, 7) is 8.36. The van der Waals surface area contributed by atoms with E-state index in [1.165, 1.54) is 32.2 Å². The number of aliphatic hydroxyl groups is 1. The first-order valence-corrected chi connectivity index (χ1v) is 8.88. The third-order valence-electron chi connectivity index (χ3n) is 5.62. The summed E-state index contributed by atoms with van der Waals surface area (Å²) in [7, 11) is 0. The topological polar surface area (TPSA) is 44.7 Å². The van der Waals surface area contributed by atoms with Crippen molar-refractivity contribution in [3.63, 3.8) is 0 Å². The van der Waals surface area contributed by atoms with Gasteiger partial charge in [0, 0.05) is 31.2 Å². The lowest BCUT2D eigenvalue weighted by Crippen LogP contribution is -2.51. The fourth-order valence-electron chi connectivity index (χ4n) is 3.95. The number of aliphatic hydroxyl groups excluding tert-OH is 1. The summed E-state index contributed by atoms with van der Waals surface area (Å²) in [6.07, 6.45) is 7.36. The van der Waals surface area contributed by atoms with Gasteiger partial charge in [0.05, 0.1) is 12.7 Å². The average molecular weight is 296 g/mol. The van der Waals surface area contributed by atoms with E-state index in [2.05, 4.69) is 10.2 Å². The maximum Gasteiger partial charge on any atom is 0.0546 e. The minimum Gasteiger partial charge on any atom is -0.393 e. The molecule has 2 atom stereocenters. The predicted octanol–water partition coefficient (Wildman–Crippen LogP) is 1.63. The van der Waals surface area contributed by atoms with E-state index in [4.69, 9.17) is 4.74 Å². The molecule has 2 aliphatic heterocycles. The van der Waals surface area contributed by atoms with Crippen LogP contribution < -0.4 is 5.32 Å². The van der Waals surface area contributed by atoms with Gasteiger partial charge >= 0.3 is 0 Å². The Labute approximate surface area is 129 Å². The zero-order valence-corrected chi connectivity index (χ0v) is 13.5. The molecule has 0 bridgehead atoms. The average Bonchev–Trinajstić information content (AvgIpc) is 3.31. The van der Waals surface area contributed by atoms with Crippen LogP contribution in [0.3, 0.4) is 0 Å². The summed E-state index contributed by atoms with van der Waals surface area (Å²) in [5.74, 6) is 0.504. The van der Waals surface area contributed by atoms with Gasteiger partial charge in [-0.2, -0.15) is 0 Å². The molecule has 0 amide bonds. The van der Waals surface area contributed by atoms with Gasteiger partial charge in [-0.25, -0.2) is 0 Å². The van der Waals surface area contributed by atoms with Gasteiger partial charge in [-0.15, -0.1) is 0 Å². The van der Waals surface area contributed by atoms with E-state index < -0.39 is 0 Å². The molecule has 2 unspecified atom stereocenters. The Balaban J connectivity index is 1.51. The molecule has 4 nitrogen and oxygen atoms in total. The van der Waals surface area contributed by atoms with Crippen molar-refractivity contribution in [2.75, 3.05) is 39.4 Å². The van der Waals surface area contributed by atoms with Crippen molar-refractivity contribution in [2.24, 2.45) is 11.3 Å².